The lowest BCUT2D eigenvalue weighted by molar-refractivity contribution is -0.660. The van der Waals surface area contributed by atoms with E-state index < -0.39 is 12.7 Å². The fourth-order valence-corrected chi connectivity index (χ4v) is 17.3. The highest BCUT2D eigenvalue weighted by Gasteiger charge is 2.22. The first-order chi connectivity index (χ1) is 54.3. The summed E-state index contributed by atoms with van der Waals surface area (Å²) in [6.45, 7) is 8.63. The third kappa shape index (κ3) is 20.6. The van der Waals surface area contributed by atoms with Gasteiger partial charge in [0.05, 0.1) is 0 Å². The monoisotopic (exact) mass is 1430 g/mol. The predicted octanol–water partition coefficient (Wildman–Crippen LogP) is 25.1. The summed E-state index contributed by atoms with van der Waals surface area (Å²) < 4.78 is 43.8. The maximum atomic E-state index is 8.79. The van der Waals surface area contributed by atoms with Crippen LogP contribution in [0.5, 0.6) is 0 Å². The molecule has 0 unspecified atom stereocenters. The van der Waals surface area contributed by atoms with Gasteiger partial charge < -0.3 is 0 Å². The fourth-order valence-electron chi connectivity index (χ4n) is 17.3. The summed E-state index contributed by atoms with van der Waals surface area (Å²) in [6, 6.07) is 86.4. The highest BCUT2D eigenvalue weighted by molar-refractivity contribution is 5.71. The van der Waals surface area contributed by atoms with Gasteiger partial charge in [-0.1, -0.05) is 298 Å². The van der Waals surface area contributed by atoms with Crippen molar-refractivity contribution in [1.29, 1.82) is 0 Å². The van der Waals surface area contributed by atoms with Gasteiger partial charge in [0.1, 0.15) is 28.2 Å². The van der Waals surface area contributed by atoms with Gasteiger partial charge >= 0.3 is 0 Å². The molecule has 4 aliphatic carbocycles. The maximum Gasteiger partial charge on any atom is 0.212 e. The molecule has 0 aliphatic heterocycles. The Morgan fingerprint density at radius 3 is 0.843 bits per heavy atom. The minimum atomic E-state index is -1.26. The molecule has 16 rings (SSSR count). The molecule has 4 aromatic heterocycles. The van der Waals surface area contributed by atoms with Crippen molar-refractivity contribution < 1.29 is 23.8 Å². The first-order valence-corrected chi connectivity index (χ1v) is 41.0. The van der Waals surface area contributed by atoms with E-state index in [1.807, 2.05) is 24.3 Å². The number of hydrogen-bond acceptors (Lipinski definition) is 0. The summed E-state index contributed by atoms with van der Waals surface area (Å²) in [5.74, 6) is 2.06. The van der Waals surface area contributed by atoms with Gasteiger partial charge in [0, 0.05) is 74.3 Å². The van der Waals surface area contributed by atoms with Crippen molar-refractivity contribution >= 4 is 0 Å². The maximum absolute atomic E-state index is 8.79. The van der Waals surface area contributed by atoms with Crippen molar-refractivity contribution in [2.24, 2.45) is 51.9 Å². The van der Waals surface area contributed by atoms with Gasteiger partial charge in [-0.15, -0.1) is 0 Å². The van der Waals surface area contributed by atoms with Gasteiger partial charge in [-0.25, -0.2) is 18.3 Å². The summed E-state index contributed by atoms with van der Waals surface area (Å²) in [7, 11) is 8.46. The van der Waals surface area contributed by atoms with Gasteiger partial charge in [0.15, 0.2) is 24.8 Å². The molecule has 4 heterocycles. The lowest BCUT2D eigenvalue weighted by Gasteiger charge is -2.21. The molecule has 0 N–H and O–H groups in total. The molecular formula is C104H120N4+4. The van der Waals surface area contributed by atoms with Crippen LogP contribution < -0.4 is 18.3 Å². The van der Waals surface area contributed by atoms with E-state index in [2.05, 4.69) is 317 Å². The Morgan fingerprint density at radius 1 is 0.241 bits per heavy atom. The molecule has 0 atom stereocenters. The molecule has 4 heteroatoms. The third-order valence-electron chi connectivity index (χ3n) is 23.6. The topological polar surface area (TPSA) is 15.5 Å². The van der Waals surface area contributed by atoms with E-state index in [9.17, 15) is 0 Å². The van der Waals surface area contributed by atoms with E-state index in [1.54, 1.807) is 0 Å². The van der Waals surface area contributed by atoms with Crippen LogP contribution in [0, 0.1) is 51.4 Å². The Kier molecular flexibility index (Phi) is 25.0. The van der Waals surface area contributed by atoms with Gasteiger partial charge in [-0.3, -0.25) is 0 Å². The van der Waals surface area contributed by atoms with E-state index >= 15 is 0 Å². The van der Waals surface area contributed by atoms with E-state index in [0.29, 0.717) is 0 Å². The average Bonchev–Trinajstić information content (AvgIpc) is 0.804. The molecule has 8 aromatic carbocycles. The lowest BCUT2D eigenvalue weighted by Crippen LogP contribution is -2.30. The molecule has 552 valence electrons. The summed E-state index contributed by atoms with van der Waals surface area (Å²) in [5, 5.41) is 0. The molecule has 12 aromatic rings. The van der Waals surface area contributed by atoms with Gasteiger partial charge in [-0.05, 0) is 192 Å². The second-order valence-corrected chi connectivity index (χ2v) is 31.8. The van der Waals surface area contributed by atoms with Crippen LogP contribution in [0.2, 0.25) is 0 Å². The second kappa shape index (κ2) is 37.9. The van der Waals surface area contributed by atoms with Crippen LogP contribution in [0.3, 0.4) is 0 Å². The summed E-state index contributed by atoms with van der Waals surface area (Å²) >= 11 is 0. The zero-order chi connectivity index (χ0) is 78.1. The predicted molar refractivity (Wildman–Crippen MR) is 454 cm³/mol. The van der Waals surface area contributed by atoms with E-state index in [0.717, 1.165) is 96.6 Å². The van der Waals surface area contributed by atoms with Crippen LogP contribution in [-0.4, -0.2) is 0 Å². The van der Waals surface area contributed by atoms with Crippen LogP contribution in [0.1, 0.15) is 178 Å². The second-order valence-electron chi connectivity index (χ2n) is 31.8. The van der Waals surface area contributed by atoms with Crippen molar-refractivity contribution in [1.82, 2.24) is 0 Å². The normalized spacial score (nSPS) is 15.9. The fraction of sp³-hybridized carbons (Fsp3) is 0.346. The standard InChI is InChI=1S/4C26H30N/c2*1-20-9-6-7-14-25(20)26-16-15-24(19-27(26)2)23-13-8-12-22(18-23)17-21-10-4-3-5-11-21;2*1-20-8-6-7-11-25(20)26-17-16-24(19-27(26)2)23-14-12-22(13-15-23)18-21-9-4-3-5-10-21/h2*6-9,12-16,18-19,21H,3-5,10-11,17H2,1-2H3;2*6-8,11-17,19,21H,3-5,9-10,18H2,1-2H3/q4*+1/i17D2;;18D2;. The molecule has 4 aliphatic rings. The number of aryl methyl sites for hydroxylation is 8. The van der Waals surface area contributed by atoms with Crippen LogP contribution in [-0.2, 0) is 53.8 Å². The molecule has 4 nitrogen and oxygen atoms in total. The largest absolute Gasteiger partial charge is 0.212 e. The first-order valence-electron chi connectivity index (χ1n) is 43.0. The Morgan fingerprint density at radius 2 is 0.509 bits per heavy atom. The lowest BCUT2D eigenvalue weighted by atomic mass is 9.84. The summed E-state index contributed by atoms with van der Waals surface area (Å²) in [5.41, 5.74) is 29.4. The number of aromatic nitrogens is 4. The molecule has 4 fully saturated rings. The zero-order valence-corrected chi connectivity index (χ0v) is 66.1. The Labute approximate surface area is 655 Å². The molecule has 0 amide bonds. The zero-order valence-electron chi connectivity index (χ0n) is 70.1. The quantitative estimate of drug-likeness (QED) is 0.0857. The first kappa shape index (κ1) is 71.3. The van der Waals surface area contributed by atoms with E-state index in [-0.39, 0.29) is 11.8 Å². The van der Waals surface area contributed by atoms with Crippen molar-refractivity contribution in [2.75, 3.05) is 0 Å². The highest BCUT2D eigenvalue weighted by atomic mass is 14.9. The van der Waals surface area contributed by atoms with Gasteiger partial charge in [-0.2, -0.15) is 0 Å². The minimum Gasteiger partial charge on any atom is -0.200 e. The van der Waals surface area contributed by atoms with Crippen LogP contribution in [0.15, 0.2) is 267 Å². The van der Waals surface area contributed by atoms with Gasteiger partial charge in [0.2, 0.25) is 22.8 Å². The molecule has 0 saturated heterocycles. The Balaban J connectivity index is 0.000000131. The van der Waals surface area contributed by atoms with Crippen LogP contribution >= 0.6 is 0 Å². The van der Waals surface area contributed by atoms with E-state index in [4.69, 9.17) is 5.48 Å². The highest BCUT2D eigenvalue weighted by Crippen LogP contribution is 2.35. The average molecular weight is 1430 g/mol. The number of hydrogen-bond donors (Lipinski definition) is 0. The van der Waals surface area contributed by atoms with Crippen molar-refractivity contribution in [3.05, 3.63) is 312 Å². The molecule has 0 spiro atoms. The summed E-state index contributed by atoms with van der Waals surface area (Å²) in [6.07, 6.45) is 34.1. The Bertz CT molecular complexity index is 5090. The smallest absolute Gasteiger partial charge is 0.200 e. The SMILES string of the molecule is Cc1ccccc1-c1ccc(-c2ccc(CC3CCCCC3)cc2)c[n+]1C.Cc1ccccc1-c1ccc(-c2cccc(CC3CCCCC3)c2)c[n+]1C.[2H]C([2H])(c1ccc(-c2ccc(-c3ccccc3C)[n+](C)c2)cc1)C1CCCCC1.[2H]C([2H])(c1cccc(-c2ccc(-c3ccccc3C)[n+](C)c2)c1)C1CCCCC1. The third-order valence-corrected chi connectivity index (χ3v) is 23.6. The molecule has 4 saturated carbocycles. The number of nitrogens with zero attached hydrogens (tertiary/aromatic N) is 4. The van der Waals surface area contributed by atoms with Crippen molar-refractivity contribution in [3.63, 3.8) is 0 Å². The number of benzene rings is 8. The van der Waals surface area contributed by atoms with Crippen LogP contribution in [0.4, 0.5) is 0 Å². The molecule has 0 radical (unpaired) electrons. The minimum absolute atomic E-state index is 0.131. The van der Waals surface area contributed by atoms with E-state index in [1.165, 1.54) is 191 Å². The molecule has 108 heavy (non-hydrogen) atoms. The van der Waals surface area contributed by atoms with Crippen molar-refractivity contribution in [2.45, 2.75) is 182 Å². The number of rotatable bonds is 16. The van der Waals surface area contributed by atoms with Gasteiger partial charge in [0.25, 0.3) is 0 Å². The number of pyridine rings is 4. The Hall–Kier alpha value is -9.64. The summed E-state index contributed by atoms with van der Waals surface area (Å²) in [4.78, 5) is 0. The molecule has 0 bridgehead atoms. The molecular weight excluding hydrogens is 1310 g/mol. The van der Waals surface area contributed by atoms with Crippen molar-refractivity contribution in [3.8, 4) is 89.5 Å². The van der Waals surface area contributed by atoms with Crippen LogP contribution in [0.25, 0.3) is 89.5 Å².